The summed E-state index contributed by atoms with van der Waals surface area (Å²) in [6, 6.07) is 22.5. The summed E-state index contributed by atoms with van der Waals surface area (Å²) >= 11 is 3.67. The van der Waals surface area contributed by atoms with Crippen LogP contribution in [0.5, 0.6) is 5.75 Å². The molecule has 2 nitrogen and oxygen atoms in total. The Labute approximate surface area is 138 Å². The normalized spacial score (nSPS) is 11.9. The quantitative estimate of drug-likeness (QED) is 0.655. The highest BCUT2D eigenvalue weighted by atomic mass is 79.9. The number of nitrogens with zero attached hydrogens (tertiary/aromatic N) is 1. The summed E-state index contributed by atoms with van der Waals surface area (Å²) in [4.78, 5) is 4.57. The molecule has 0 aliphatic carbocycles. The van der Waals surface area contributed by atoms with Crippen LogP contribution in [0.1, 0.15) is 22.7 Å². The number of halogens is 1. The van der Waals surface area contributed by atoms with Crippen molar-refractivity contribution in [3.05, 3.63) is 94.2 Å². The van der Waals surface area contributed by atoms with Crippen LogP contribution in [0.4, 0.5) is 0 Å². The van der Waals surface area contributed by atoms with E-state index in [4.69, 9.17) is 4.74 Å². The third kappa shape index (κ3) is 3.04. The Balaban J connectivity index is 2.18. The third-order valence-corrected chi connectivity index (χ3v) is 4.35. The second kappa shape index (κ2) is 6.75. The molecule has 0 amide bonds. The number of methoxy groups -OCH3 is 1. The van der Waals surface area contributed by atoms with E-state index in [2.05, 4.69) is 57.3 Å². The van der Waals surface area contributed by atoms with E-state index < -0.39 is 0 Å². The zero-order valence-corrected chi connectivity index (χ0v) is 13.8. The minimum absolute atomic E-state index is 0.0619. The van der Waals surface area contributed by atoms with Gasteiger partial charge in [-0.3, -0.25) is 4.98 Å². The number of hydrogen-bond donors (Lipinski definition) is 0. The lowest BCUT2D eigenvalue weighted by atomic mass is 9.88. The first kappa shape index (κ1) is 14.8. The van der Waals surface area contributed by atoms with E-state index in [-0.39, 0.29) is 5.92 Å². The van der Waals surface area contributed by atoms with E-state index in [1.54, 1.807) is 7.11 Å². The maximum atomic E-state index is 5.39. The zero-order chi connectivity index (χ0) is 15.4. The van der Waals surface area contributed by atoms with Crippen molar-refractivity contribution in [3.8, 4) is 5.75 Å². The van der Waals surface area contributed by atoms with Gasteiger partial charge in [-0.15, -0.1) is 0 Å². The summed E-state index contributed by atoms with van der Waals surface area (Å²) in [6.07, 6.45) is 1.83. The fraction of sp³-hybridized carbons (Fsp3) is 0.105. The van der Waals surface area contributed by atoms with Crippen molar-refractivity contribution in [2.45, 2.75) is 5.92 Å². The van der Waals surface area contributed by atoms with Gasteiger partial charge in [0.1, 0.15) is 5.75 Å². The van der Waals surface area contributed by atoms with Crippen LogP contribution in [0.2, 0.25) is 0 Å². The van der Waals surface area contributed by atoms with Gasteiger partial charge in [-0.25, -0.2) is 0 Å². The topological polar surface area (TPSA) is 22.1 Å². The van der Waals surface area contributed by atoms with Crippen LogP contribution in [-0.2, 0) is 0 Å². The van der Waals surface area contributed by atoms with Crippen molar-refractivity contribution in [1.82, 2.24) is 4.98 Å². The average molecular weight is 354 g/mol. The SMILES string of the molecule is COc1ccc(Br)c(C(c2ccccc2)c2ccccn2)c1. The first-order valence-electron chi connectivity index (χ1n) is 7.09. The molecule has 1 atom stereocenters. The van der Waals surface area contributed by atoms with Gasteiger partial charge in [0.15, 0.2) is 0 Å². The third-order valence-electron chi connectivity index (χ3n) is 3.63. The van der Waals surface area contributed by atoms with Gasteiger partial charge >= 0.3 is 0 Å². The molecule has 0 saturated carbocycles. The molecule has 3 rings (SSSR count). The molecule has 22 heavy (non-hydrogen) atoms. The van der Waals surface area contributed by atoms with Crippen molar-refractivity contribution < 1.29 is 4.74 Å². The van der Waals surface area contributed by atoms with Crippen molar-refractivity contribution in [2.75, 3.05) is 7.11 Å². The zero-order valence-electron chi connectivity index (χ0n) is 12.2. The maximum absolute atomic E-state index is 5.39. The molecule has 0 aliphatic heterocycles. The molecule has 1 aromatic heterocycles. The molecule has 0 spiro atoms. The lowest BCUT2D eigenvalue weighted by Crippen LogP contribution is -2.06. The molecule has 1 heterocycles. The maximum Gasteiger partial charge on any atom is 0.119 e. The Morgan fingerprint density at radius 1 is 0.955 bits per heavy atom. The van der Waals surface area contributed by atoms with E-state index in [0.717, 1.165) is 21.5 Å². The number of hydrogen-bond acceptors (Lipinski definition) is 2. The van der Waals surface area contributed by atoms with Gasteiger partial charge in [0.25, 0.3) is 0 Å². The summed E-state index contributed by atoms with van der Waals surface area (Å²) < 4.78 is 6.44. The molecule has 0 N–H and O–H groups in total. The molecule has 0 radical (unpaired) electrons. The number of ether oxygens (including phenoxy) is 1. The van der Waals surface area contributed by atoms with Crippen LogP contribution < -0.4 is 4.74 Å². The number of benzene rings is 2. The van der Waals surface area contributed by atoms with Crippen molar-refractivity contribution >= 4 is 15.9 Å². The van der Waals surface area contributed by atoms with Gasteiger partial charge in [-0.1, -0.05) is 52.3 Å². The van der Waals surface area contributed by atoms with Gasteiger partial charge in [0.05, 0.1) is 18.7 Å². The number of aromatic nitrogens is 1. The number of rotatable bonds is 4. The Hall–Kier alpha value is -2.13. The highest BCUT2D eigenvalue weighted by Gasteiger charge is 2.20. The van der Waals surface area contributed by atoms with Crippen LogP contribution in [0, 0.1) is 0 Å². The smallest absolute Gasteiger partial charge is 0.119 e. The van der Waals surface area contributed by atoms with Crippen LogP contribution in [0.25, 0.3) is 0 Å². The van der Waals surface area contributed by atoms with Gasteiger partial charge in [0, 0.05) is 10.7 Å². The molecule has 3 aromatic rings. The standard InChI is InChI=1S/C19H16BrNO/c1-22-15-10-11-17(20)16(13-15)19(14-7-3-2-4-8-14)18-9-5-6-12-21-18/h2-13,19H,1H3. The molecule has 2 aromatic carbocycles. The molecular formula is C19H16BrNO. The van der Waals surface area contributed by atoms with Crippen molar-refractivity contribution in [3.63, 3.8) is 0 Å². The minimum Gasteiger partial charge on any atom is -0.497 e. The summed E-state index contributed by atoms with van der Waals surface area (Å²) in [5.74, 6) is 0.905. The van der Waals surface area contributed by atoms with Crippen LogP contribution >= 0.6 is 15.9 Å². The molecule has 3 heteroatoms. The highest BCUT2D eigenvalue weighted by molar-refractivity contribution is 9.10. The van der Waals surface area contributed by atoms with Gasteiger partial charge < -0.3 is 4.74 Å². The van der Waals surface area contributed by atoms with Crippen molar-refractivity contribution in [1.29, 1.82) is 0 Å². The summed E-state index contributed by atoms with van der Waals surface area (Å²) in [6.45, 7) is 0. The lowest BCUT2D eigenvalue weighted by molar-refractivity contribution is 0.414. The molecule has 1 unspecified atom stereocenters. The van der Waals surface area contributed by atoms with E-state index >= 15 is 0 Å². The predicted molar refractivity (Wildman–Crippen MR) is 92.3 cm³/mol. The highest BCUT2D eigenvalue weighted by Crippen LogP contribution is 2.36. The fourth-order valence-electron chi connectivity index (χ4n) is 2.57. The first-order valence-corrected chi connectivity index (χ1v) is 7.88. The minimum atomic E-state index is 0.0619. The summed E-state index contributed by atoms with van der Waals surface area (Å²) in [7, 11) is 1.69. The molecule has 0 fully saturated rings. The van der Waals surface area contributed by atoms with E-state index in [0.29, 0.717) is 0 Å². The summed E-state index contributed by atoms with van der Waals surface area (Å²) in [5, 5.41) is 0. The second-order valence-corrected chi connectivity index (χ2v) is 5.84. The Kier molecular flexibility index (Phi) is 4.54. The Bertz CT molecular complexity index is 704. The predicted octanol–water partition coefficient (Wildman–Crippen LogP) is 5.03. The van der Waals surface area contributed by atoms with Crippen LogP contribution in [0.3, 0.4) is 0 Å². The largest absolute Gasteiger partial charge is 0.497 e. The molecule has 110 valence electrons. The van der Waals surface area contributed by atoms with Gasteiger partial charge in [-0.2, -0.15) is 0 Å². The average Bonchev–Trinajstić information content (AvgIpc) is 2.59. The first-order chi connectivity index (χ1) is 10.8. The van der Waals surface area contributed by atoms with Gasteiger partial charge in [0.2, 0.25) is 0 Å². The Morgan fingerprint density at radius 3 is 2.41 bits per heavy atom. The van der Waals surface area contributed by atoms with E-state index in [9.17, 15) is 0 Å². The monoisotopic (exact) mass is 353 g/mol. The second-order valence-electron chi connectivity index (χ2n) is 4.99. The van der Waals surface area contributed by atoms with Crippen LogP contribution in [0.15, 0.2) is 77.4 Å². The summed E-state index contributed by atoms with van der Waals surface area (Å²) in [5.41, 5.74) is 3.36. The van der Waals surface area contributed by atoms with Crippen molar-refractivity contribution in [2.24, 2.45) is 0 Å². The molecule has 0 bridgehead atoms. The molecular weight excluding hydrogens is 338 g/mol. The molecule has 0 aliphatic rings. The fourth-order valence-corrected chi connectivity index (χ4v) is 3.05. The van der Waals surface area contributed by atoms with Crippen LogP contribution in [-0.4, -0.2) is 12.1 Å². The lowest BCUT2D eigenvalue weighted by Gasteiger charge is -2.20. The van der Waals surface area contributed by atoms with E-state index in [1.165, 1.54) is 5.56 Å². The van der Waals surface area contributed by atoms with E-state index in [1.807, 2.05) is 36.5 Å². The van der Waals surface area contributed by atoms with Gasteiger partial charge in [-0.05, 0) is 41.5 Å². The Morgan fingerprint density at radius 2 is 1.73 bits per heavy atom. The number of pyridine rings is 1. The molecule has 0 saturated heterocycles.